The van der Waals surface area contributed by atoms with E-state index in [0.717, 1.165) is 5.56 Å². The van der Waals surface area contributed by atoms with Gasteiger partial charge in [0, 0.05) is 29.4 Å². The van der Waals surface area contributed by atoms with Crippen LogP contribution in [0.15, 0.2) is 55.2 Å². The highest BCUT2D eigenvalue weighted by Gasteiger charge is 2.20. The summed E-state index contributed by atoms with van der Waals surface area (Å²) in [5.41, 5.74) is 1.54. The van der Waals surface area contributed by atoms with Crippen molar-refractivity contribution in [3.8, 4) is 5.82 Å². The van der Waals surface area contributed by atoms with Crippen LogP contribution < -0.4 is 0 Å². The van der Waals surface area contributed by atoms with Gasteiger partial charge in [-0.15, -0.1) is 0 Å². The Bertz CT molecular complexity index is 863. The van der Waals surface area contributed by atoms with Crippen molar-refractivity contribution >= 4 is 17.5 Å². The molecule has 1 aromatic carbocycles. The smallest absolute Gasteiger partial charge is 0.254 e. The average Bonchev–Trinajstić information content (AvgIpc) is 3.14. The molecule has 0 aliphatic rings. The Morgan fingerprint density at radius 2 is 2.12 bits per heavy atom. The lowest BCUT2D eigenvalue weighted by atomic mass is 10.1. The van der Waals surface area contributed by atoms with Gasteiger partial charge in [-0.05, 0) is 43.7 Å². The van der Waals surface area contributed by atoms with E-state index in [9.17, 15) is 4.79 Å². The first-order chi connectivity index (χ1) is 12.0. The summed E-state index contributed by atoms with van der Waals surface area (Å²) >= 11 is 6.05. The lowest BCUT2D eigenvalue weighted by Gasteiger charge is -2.27. The molecule has 0 radical (unpaired) electrons. The molecule has 0 fully saturated rings. The molecule has 0 bridgehead atoms. The second kappa shape index (κ2) is 7.44. The number of hydrogen-bond acceptors (Lipinski definition) is 4. The lowest BCUT2D eigenvalue weighted by Crippen LogP contribution is -2.36. The van der Waals surface area contributed by atoms with E-state index in [1.165, 1.54) is 11.0 Å². The van der Waals surface area contributed by atoms with Crippen LogP contribution in [-0.4, -0.2) is 36.6 Å². The third kappa shape index (κ3) is 4.03. The molecule has 0 unspecified atom stereocenters. The van der Waals surface area contributed by atoms with Crippen molar-refractivity contribution < 1.29 is 4.79 Å². The van der Waals surface area contributed by atoms with E-state index in [1.807, 2.05) is 38.1 Å². The molecule has 6 nitrogen and oxygen atoms in total. The molecule has 128 valence electrons. The van der Waals surface area contributed by atoms with Gasteiger partial charge in [0.15, 0.2) is 5.82 Å². The van der Waals surface area contributed by atoms with Crippen molar-refractivity contribution in [3.63, 3.8) is 0 Å². The molecule has 0 atom stereocenters. The number of nitrogens with zero attached hydrogens (tertiary/aromatic N) is 5. The predicted octanol–water partition coefficient (Wildman–Crippen LogP) is 3.37. The van der Waals surface area contributed by atoms with Crippen molar-refractivity contribution in [2.75, 3.05) is 0 Å². The molecule has 0 spiro atoms. The van der Waals surface area contributed by atoms with Gasteiger partial charge in [0.2, 0.25) is 0 Å². The standard InChI is InChI=1S/C18H18ClN5O/c1-13(2)23(10-14-4-3-5-16(19)8-14)18(25)15-6-7-21-17(9-15)24-12-20-11-22-24/h3-9,11-13H,10H2,1-2H3. The normalized spacial score (nSPS) is 10.9. The van der Waals surface area contributed by atoms with Crippen molar-refractivity contribution in [3.05, 3.63) is 71.4 Å². The summed E-state index contributed by atoms with van der Waals surface area (Å²) < 4.78 is 1.52. The Morgan fingerprint density at radius 1 is 1.28 bits per heavy atom. The predicted molar refractivity (Wildman–Crippen MR) is 95.6 cm³/mol. The molecule has 0 saturated heterocycles. The molecule has 0 aliphatic heterocycles. The van der Waals surface area contributed by atoms with Crippen LogP contribution in [0.4, 0.5) is 0 Å². The zero-order valence-electron chi connectivity index (χ0n) is 14.0. The number of carbonyl (C=O) groups is 1. The number of benzene rings is 1. The molecule has 2 aromatic heterocycles. The number of hydrogen-bond donors (Lipinski definition) is 0. The number of amides is 1. The number of aromatic nitrogens is 4. The van der Waals surface area contributed by atoms with Crippen LogP contribution in [-0.2, 0) is 6.54 Å². The van der Waals surface area contributed by atoms with E-state index in [2.05, 4.69) is 15.1 Å². The SMILES string of the molecule is CC(C)N(Cc1cccc(Cl)c1)C(=O)c1ccnc(-n2cncn2)c1. The fraction of sp³-hybridized carbons (Fsp3) is 0.222. The quantitative estimate of drug-likeness (QED) is 0.704. The maximum Gasteiger partial charge on any atom is 0.254 e. The summed E-state index contributed by atoms with van der Waals surface area (Å²) in [6.07, 6.45) is 4.57. The Morgan fingerprint density at radius 3 is 2.80 bits per heavy atom. The molecule has 0 saturated carbocycles. The van der Waals surface area contributed by atoms with E-state index in [0.29, 0.717) is 22.9 Å². The van der Waals surface area contributed by atoms with Gasteiger partial charge in [-0.25, -0.2) is 14.6 Å². The van der Waals surface area contributed by atoms with Gasteiger partial charge in [-0.2, -0.15) is 5.10 Å². The fourth-order valence-electron chi connectivity index (χ4n) is 2.49. The van der Waals surface area contributed by atoms with Gasteiger partial charge in [0.1, 0.15) is 12.7 Å². The van der Waals surface area contributed by atoms with Crippen molar-refractivity contribution in [1.29, 1.82) is 0 Å². The molecule has 2 heterocycles. The number of carbonyl (C=O) groups excluding carboxylic acids is 1. The zero-order valence-corrected chi connectivity index (χ0v) is 14.8. The van der Waals surface area contributed by atoms with Crippen molar-refractivity contribution in [2.45, 2.75) is 26.4 Å². The lowest BCUT2D eigenvalue weighted by molar-refractivity contribution is 0.0690. The van der Waals surface area contributed by atoms with E-state index in [4.69, 9.17) is 11.6 Å². The van der Waals surface area contributed by atoms with Crippen LogP contribution in [0.1, 0.15) is 29.8 Å². The molecule has 3 rings (SSSR count). The van der Waals surface area contributed by atoms with E-state index in [-0.39, 0.29) is 11.9 Å². The Labute approximate surface area is 151 Å². The molecule has 3 aromatic rings. The summed E-state index contributed by atoms with van der Waals surface area (Å²) in [6, 6.07) is 11.0. The Balaban J connectivity index is 1.87. The molecular formula is C18H18ClN5O. The highest BCUT2D eigenvalue weighted by atomic mass is 35.5. The second-order valence-corrected chi connectivity index (χ2v) is 6.34. The van der Waals surface area contributed by atoms with Gasteiger partial charge in [-0.1, -0.05) is 23.7 Å². The number of pyridine rings is 1. The summed E-state index contributed by atoms with van der Waals surface area (Å²) in [7, 11) is 0. The highest BCUT2D eigenvalue weighted by molar-refractivity contribution is 6.30. The van der Waals surface area contributed by atoms with Gasteiger partial charge in [-0.3, -0.25) is 4.79 Å². The second-order valence-electron chi connectivity index (χ2n) is 5.90. The first-order valence-corrected chi connectivity index (χ1v) is 8.29. The minimum absolute atomic E-state index is 0.0365. The van der Waals surface area contributed by atoms with Crippen LogP contribution in [0.2, 0.25) is 5.02 Å². The van der Waals surface area contributed by atoms with Crippen LogP contribution in [0.3, 0.4) is 0 Å². The molecule has 0 aliphatic carbocycles. The third-order valence-corrected chi connectivity index (χ3v) is 4.01. The minimum Gasteiger partial charge on any atom is -0.332 e. The van der Waals surface area contributed by atoms with Gasteiger partial charge in [0.25, 0.3) is 5.91 Å². The maximum atomic E-state index is 13.0. The minimum atomic E-state index is -0.0706. The number of halogens is 1. The van der Waals surface area contributed by atoms with Crippen LogP contribution in [0.5, 0.6) is 0 Å². The topological polar surface area (TPSA) is 63.9 Å². The fourth-order valence-corrected chi connectivity index (χ4v) is 2.70. The average molecular weight is 356 g/mol. The van der Waals surface area contributed by atoms with Crippen molar-refractivity contribution in [1.82, 2.24) is 24.6 Å². The number of rotatable bonds is 5. The monoisotopic (exact) mass is 355 g/mol. The first kappa shape index (κ1) is 17.1. The van der Waals surface area contributed by atoms with Crippen LogP contribution in [0, 0.1) is 0 Å². The first-order valence-electron chi connectivity index (χ1n) is 7.91. The van der Waals surface area contributed by atoms with E-state index < -0.39 is 0 Å². The Kier molecular flexibility index (Phi) is 5.09. The molecule has 25 heavy (non-hydrogen) atoms. The molecule has 7 heteroatoms. The van der Waals surface area contributed by atoms with Gasteiger partial charge in [0.05, 0.1) is 0 Å². The van der Waals surface area contributed by atoms with E-state index >= 15 is 0 Å². The highest BCUT2D eigenvalue weighted by Crippen LogP contribution is 2.17. The summed E-state index contributed by atoms with van der Waals surface area (Å²) in [5, 5.41) is 4.71. The molecular weight excluding hydrogens is 338 g/mol. The largest absolute Gasteiger partial charge is 0.332 e. The van der Waals surface area contributed by atoms with Crippen LogP contribution >= 0.6 is 11.6 Å². The molecule has 0 N–H and O–H groups in total. The van der Waals surface area contributed by atoms with Gasteiger partial charge < -0.3 is 4.90 Å². The van der Waals surface area contributed by atoms with Gasteiger partial charge >= 0.3 is 0 Å². The summed E-state index contributed by atoms with van der Waals surface area (Å²) in [6.45, 7) is 4.46. The summed E-state index contributed by atoms with van der Waals surface area (Å²) in [5.74, 6) is 0.480. The van der Waals surface area contributed by atoms with Crippen LogP contribution in [0.25, 0.3) is 5.82 Å². The zero-order chi connectivity index (χ0) is 17.8. The van der Waals surface area contributed by atoms with Crippen molar-refractivity contribution in [2.24, 2.45) is 0 Å². The Hall–Kier alpha value is -2.73. The van der Waals surface area contributed by atoms with E-state index in [1.54, 1.807) is 29.6 Å². The molecule has 1 amide bonds. The summed E-state index contributed by atoms with van der Waals surface area (Å²) in [4.78, 5) is 23.0. The third-order valence-electron chi connectivity index (χ3n) is 3.77. The maximum absolute atomic E-state index is 13.0.